The maximum absolute atomic E-state index is 2.13. The van der Waals surface area contributed by atoms with Crippen LogP contribution in [0.2, 0.25) is 0 Å². The molecule has 0 bridgehead atoms. The van der Waals surface area contributed by atoms with Crippen molar-refractivity contribution in [1.29, 1.82) is 0 Å². The minimum absolute atomic E-state index is 1.17. The first-order chi connectivity index (χ1) is 2.89. The number of rotatable bonds is 0. The van der Waals surface area contributed by atoms with Gasteiger partial charge in [0.1, 0.15) is 0 Å². The summed E-state index contributed by atoms with van der Waals surface area (Å²) in [5.74, 6) is 0. The second kappa shape index (κ2) is 1.69. The van der Waals surface area contributed by atoms with Gasteiger partial charge in [0.25, 0.3) is 0 Å². The molecule has 0 spiro atoms. The van der Waals surface area contributed by atoms with E-state index in [0.29, 0.717) is 0 Å². The molecule has 30 valence electrons. The summed E-state index contributed by atoms with van der Waals surface area (Å²) in [6.07, 6.45) is 4.12. The van der Waals surface area contributed by atoms with Gasteiger partial charge in [-0.1, -0.05) is 0 Å². The van der Waals surface area contributed by atoms with E-state index in [0.717, 1.165) is 0 Å². The molecule has 0 aliphatic heterocycles. The second-order valence-electron chi connectivity index (χ2n) is 1.13. The fourth-order valence-electron chi connectivity index (χ4n) is 0.348. The van der Waals surface area contributed by atoms with Crippen LogP contribution in [-0.4, -0.2) is 25.6 Å². The van der Waals surface area contributed by atoms with Crippen LogP contribution >= 0.6 is 0 Å². The summed E-state index contributed by atoms with van der Waals surface area (Å²) in [6.45, 7) is 0. The van der Waals surface area contributed by atoms with E-state index in [1.165, 1.54) is 22.8 Å². The molecule has 0 N–H and O–H groups in total. The van der Waals surface area contributed by atoms with E-state index in [4.69, 9.17) is 0 Å². The van der Waals surface area contributed by atoms with Gasteiger partial charge in [0.05, 0.1) is 0 Å². The number of hydrogen-bond acceptors (Lipinski definition) is 0. The molecule has 0 fully saturated rings. The topological polar surface area (TPSA) is 4.93 Å². The third kappa shape index (κ3) is 0.772. The molecule has 6 heavy (non-hydrogen) atoms. The molecule has 1 heterocycles. The van der Waals surface area contributed by atoms with Gasteiger partial charge in [-0.25, -0.2) is 0 Å². The Labute approximate surface area is 50.4 Å². The summed E-state index contributed by atoms with van der Waals surface area (Å²) in [4.78, 5) is 0. The maximum atomic E-state index is 2.13. The minimum atomic E-state index is 1.17. The Morgan fingerprint density at radius 2 is 1.67 bits per heavy atom. The molecular formula is C4H5NSn. The van der Waals surface area contributed by atoms with Crippen molar-refractivity contribution in [1.82, 2.24) is 2.79 Å². The van der Waals surface area contributed by atoms with Crippen molar-refractivity contribution in [3.05, 3.63) is 24.5 Å². The quantitative estimate of drug-likeness (QED) is 0.508. The van der Waals surface area contributed by atoms with Gasteiger partial charge in [0, 0.05) is 0 Å². The number of hydrogen-bond donors (Lipinski definition) is 0. The zero-order valence-corrected chi connectivity index (χ0v) is 6.63. The average molecular weight is 186 g/mol. The van der Waals surface area contributed by atoms with Crippen molar-refractivity contribution >= 4 is 22.8 Å². The molecule has 2 heteroatoms. The first kappa shape index (κ1) is 4.24. The Kier molecular flexibility index (Phi) is 1.19. The normalized spacial score (nSPS) is 8.83. The van der Waals surface area contributed by atoms with Crippen LogP contribution < -0.4 is 0 Å². The van der Waals surface area contributed by atoms with Gasteiger partial charge in [-0.15, -0.1) is 0 Å². The van der Waals surface area contributed by atoms with Gasteiger partial charge < -0.3 is 0 Å². The van der Waals surface area contributed by atoms with Crippen LogP contribution in [0.15, 0.2) is 24.5 Å². The van der Waals surface area contributed by atoms with Gasteiger partial charge >= 0.3 is 50.1 Å². The van der Waals surface area contributed by atoms with Crippen LogP contribution in [0.5, 0.6) is 0 Å². The molecule has 2 radical (unpaired) electrons. The van der Waals surface area contributed by atoms with Gasteiger partial charge in [-0.2, -0.15) is 0 Å². The number of aromatic nitrogens is 1. The molecular weight excluding hydrogens is 181 g/mol. The summed E-state index contributed by atoms with van der Waals surface area (Å²) < 4.78 is 2.13. The Morgan fingerprint density at radius 3 is 1.83 bits per heavy atom. The van der Waals surface area contributed by atoms with Crippen LogP contribution in [0.1, 0.15) is 0 Å². The van der Waals surface area contributed by atoms with E-state index in [2.05, 4.69) is 15.2 Å². The molecule has 0 amide bonds. The average Bonchev–Trinajstić information content (AvgIpc) is 1.86. The third-order valence-corrected chi connectivity index (χ3v) is 1.61. The van der Waals surface area contributed by atoms with Gasteiger partial charge in [-0.05, 0) is 0 Å². The molecule has 0 aromatic carbocycles. The van der Waals surface area contributed by atoms with Crippen molar-refractivity contribution in [3.8, 4) is 0 Å². The van der Waals surface area contributed by atoms with Crippen LogP contribution in [0, 0.1) is 0 Å². The summed E-state index contributed by atoms with van der Waals surface area (Å²) >= 11 is 1.17. The van der Waals surface area contributed by atoms with E-state index < -0.39 is 0 Å². The molecule has 0 aliphatic carbocycles. The second-order valence-corrected chi connectivity index (χ2v) is 2.83. The Balaban J connectivity index is 3.05. The summed E-state index contributed by atoms with van der Waals surface area (Å²) in [7, 11) is 0. The van der Waals surface area contributed by atoms with Crippen molar-refractivity contribution in [2.45, 2.75) is 0 Å². The van der Waals surface area contributed by atoms with Crippen LogP contribution in [0.4, 0.5) is 0 Å². The zero-order valence-electron chi connectivity index (χ0n) is 3.33. The monoisotopic (exact) mass is 187 g/mol. The summed E-state index contributed by atoms with van der Waals surface area (Å²) in [5.41, 5.74) is 0. The molecule has 1 aromatic rings. The standard InChI is InChI=1S/C4H4N.Sn.H/c1-2-4-5-3-1;;/h1-4H;;/q-1;+1;. The molecule has 0 unspecified atom stereocenters. The van der Waals surface area contributed by atoms with E-state index >= 15 is 0 Å². The Bertz CT molecular complexity index is 111. The van der Waals surface area contributed by atoms with Gasteiger partial charge in [0.2, 0.25) is 0 Å². The van der Waals surface area contributed by atoms with E-state index in [-0.39, 0.29) is 0 Å². The predicted octanol–water partition coefficient (Wildman–Crippen LogP) is 0.152. The first-order valence-corrected chi connectivity index (χ1v) is 3.25. The van der Waals surface area contributed by atoms with Crippen molar-refractivity contribution in [2.24, 2.45) is 0 Å². The molecule has 0 saturated heterocycles. The molecule has 0 atom stereocenters. The van der Waals surface area contributed by atoms with Gasteiger partial charge in [0.15, 0.2) is 0 Å². The fourth-order valence-corrected chi connectivity index (χ4v) is 0.915. The molecule has 1 nitrogen and oxygen atoms in total. The summed E-state index contributed by atoms with van der Waals surface area (Å²) in [6, 6.07) is 4.07. The van der Waals surface area contributed by atoms with Gasteiger partial charge in [-0.3, -0.25) is 0 Å². The molecule has 1 rings (SSSR count). The van der Waals surface area contributed by atoms with E-state index in [1.807, 2.05) is 12.1 Å². The van der Waals surface area contributed by atoms with Crippen LogP contribution in [0.25, 0.3) is 0 Å². The van der Waals surface area contributed by atoms with Crippen molar-refractivity contribution in [2.75, 3.05) is 0 Å². The van der Waals surface area contributed by atoms with Crippen LogP contribution in [0.3, 0.4) is 0 Å². The Hall–Kier alpha value is 0.0787. The Morgan fingerprint density at radius 1 is 1.17 bits per heavy atom. The zero-order chi connectivity index (χ0) is 4.41. The van der Waals surface area contributed by atoms with Crippen molar-refractivity contribution < 1.29 is 0 Å². The first-order valence-electron chi connectivity index (χ1n) is 1.77. The van der Waals surface area contributed by atoms with E-state index in [1.54, 1.807) is 0 Å². The SMILES string of the molecule is [SnH][n]1cccc1. The number of nitrogens with zero attached hydrogens (tertiary/aromatic N) is 1. The fraction of sp³-hybridized carbons (Fsp3) is 0. The third-order valence-electron chi connectivity index (χ3n) is 0.628. The van der Waals surface area contributed by atoms with E-state index in [9.17, 15) is 0 Å². The summed E-state index contributed by atoms with van der Waals surface area (Å²) in [5, 5.41) is 0. The van der Waals surface area contributed by atoms with Crippen molar-refractivity contribution in [3.63, 3.8) is 0 Å². The molecule has 0 saturated carbocycles. The molecule has 0 aliphatic rings. The van der Waals surface area contributed by atoms with Crippen LogP contribution in [-0.2, 0) is 0 Å². The molecule has 1 aromatic heterocycles. The predicted molar refractivity (Wildman–Crippen MR) is 27.0 cm³/mol.